The third-order valence-corrected chi connectivity index (χ3v) is 3.20. The second-order valence-corrected chi connectivity index (χ2v) is 3.74. The fourth-order valence-electron chi connectivity index (χ4n) is 2.52. The summed E-state index contributed by atoms with van der Waals surface area (Å²) in [6, 6.07) is 0. The molecular weight excluding hydrogens is 144 g/mol. The molecule has 3 heterocycles. The van der Waals surface area contributed by atoms with E-state index in [4.69, 9.17) is 9.47 Å². The van der Waals surface area contributed by atoms with E-state index in [1.807, 2.05) is 0 Å². The van der Waals surface area contributed by atoms with Crippen molar-refractivity contribution in [2.45, 2.75) is 31.7 Å². The van der Waals surface area contributed by atoms with E-state index in [9.17, 15) is 4.79 Å². The Morgan fingerprint density at radius 3 is 2.91 bits per heavy atom. The molecule has 0 saturated carbocycles. The minimum atomic E-state index is -0.0353. The highest BCUT2D eigenvalue weighted by molar-refractivity contribution is 5.77. The molecule has 2 bridgehead atoms. The number of esters is 1. The summed E-state index contributed by atoms with van der Waals surface area (Å²) in [5.74, 6) is 0.454. The SMILES string of the molecule is C[C@H]1C2CC3C(=O)OC1C3O2. The summed E-state index contributed by atoms with van der Waals surface area (Å²) >= 11 is 0. The van der Waals surface area contributed by atoms with Crippen LogP contribution >= 0.6 is 0 Å². The monoisotopic (exact) mass is 154 g/mol. The maximum Gasteiger partial charge on any atom is 0.312 e. The van der Waals surface area contributed by atoms with E-state index in [-0.39, 0.29) is 24.1 Å². The number of hydrogen-bond acceptors (Lipinski definition) is 3. The molecule has 0 radical (unpaired) electrons. The van der Waals surface area contributed by atoms with Crippen LogP contribution in [-0.4, -0.2) is 24.3 Å². The summed E-state index contributed by atoms with van der Waals surface area (Å²) < 4.78 is 10.8. The van der Waals surface area contributed by atoms with Crippen molar-refractivity contribution in [2.24, 2.45) is 11.8 Å². The van der Waals surface area contributed by atoms with Crippen molar-refractivity contribution in [1.82, 2.24) is 0 Å². The topological polar surface area (TPSA) is 35.5 Å². The number of carbonyl (C=O) groups is 1. The Hall–Kier alpha value is -0.570. The van der Waals surface area contributed by atoms with Crippen LogP contribution in [0.4, 0.5) is 0 Å². The van der Waals surface area contributed by atoms with Gasteiger partial charge in [0.2, 0.25) is 0 Å². The van der Waals surface area contributed by atoms with E-state index in [0.717, 1.165) is 6.42 Å². The molecule has 3 rings (SSSR count). The minimum Gasteiger partial charge on any atom is -0.459 e. The summed E-state index contributed by atoms with van der Waals surface area (Å²) in [4.78, 5) is 11.1. The predicted octanol–water partition coefficient (Wildman–Crippen LogP) is 0.335. The van der Waals surface area contributed by atoms with Crippen molar-refractivity contribution in [3.05, 3.63) is 0 Å². The molecule has 3 saturated heterocycles. The van der Waals surface area contributed by atoms with Crippen LogP contribution in [0.15, 0.2) is 0 Å². The van der Waals surface area contributed by atoms with Crippen molar-refractivity contribution in [3.63, 3.8) is 0 Å². The number of hydrogen-bond donors (Lipinski definition) is 0. The van der Waals surface area contributed by atoms with Gasteiger partial charge in [0.05, 0.1) is 12.0 Å². The lowest BCUT2D eigenvalue weighted by Crippen LogP contribution is -2.29. The van der Waals surface area contributed by atoms with Crippen LogP contribution in [0.1, 0.15) is 13.3 Å². The first-order valence-electron chi connectivity index (χ1n) is 4.13. The number of rotatable bonds is 0. The molecule has 60 valence electrons. The van der Waals surface area contributed by atoms with E-state index in [2.05, 4.69) is 6.92 Å². The molecule has 4 unspecified atom stereocenters. The van der Waals surface area contributed by atoms with Crippen LogP contribution in [0.25, 0.3) is 0 Å². The van der Waals surface area contributed by atoms with Crippen molar-refractivity contribution in [2.75, 3.05) is 0 Å². The summed E-state index contributed by atoms with van der Waals surface area (Å²) in [5.41, 5.74) is 0. The molecule has 0 aromatic carbocycles. The van der Waals surface area contributed by atoms with E-state index >= 15 is 0 Å². The van der Waals surface area contributed by atoms with E-state index in [1.165, 1.54) is 0 Å². The highest BCUT2D eigenvalue weighted by Gasteiger charge is 2.61. The van der Waals surface area contributed by atoms with Gasteiger partial charge in [-0.15, -0.1) is 0 Å². The standard InChI is InChI=1S/C8H10O3/c1-3-5-2-4-7(10-5)6(3)11-8(4)9/h3-7H,2H2,1H3/t3-,4?,5?,6?,7?/m0/s1. The van der Waals surface area contributed by atoms with Crippen molar-refractivity contribution < 1.29 is 14.3 Å². The summed E-state index contributed by atoms with van der Waals surface area (Å²) in [6.45, 7) is 2.10. The molecule has 3 aliphatic heterocycles. The van der Waals surface area contributed by atoms with Gasteiger partial charge < -0.3 is 9.47 Å². The maximum atomic E-state index is 11.1. The molecular formula is C8H10O3. The van der Waals surface area contributed by atoms with Crippen LogP contribution < -0.4 is 0 Å². The third kappa shape index (κ3) is 0.527. The fourth-order valence-corrected chi connectivity index (χ4v) is 2.52. The van der Waals surface area contributed by atoms with E-state index in [0.29, 0.717) is 12.0 Å². The quantitative estimate of drug-likeness (QED) is 0.472. The Kier molecular flexibility index (Phi) is 0.876. The molecule has 0 spiro atoms. The normalized spacial score (nSPS) is 58.6. The van der Waals surface area contributed by atoms with Gasteiger partial charge in [0.15, 0.2) is 0 Å². The highest BCUT2D eigenvalue weighted by atomic mass is 16.6. The first-order valence-corrected chi connectivity index (χ1v) is 4.13. The zero-order valence-electron chi connectivity index (χ0n) is 6.32. The van der Waals surface area contributed by atoms with Crippen molar-refractivity contribution in [3.8, 4) is 0 Å². The summed E-state index contributed by atoms with van der Waals surface area (Å²) in [5, 5.41) is 0. The zero-order valence-corrected chi connectivity index (χ0v) is 6.32. The molecule has 3 nitrogen and oxygen atoms in total. The molecule has 5 atom stereocenters. The molecule has 0 aromatic heterocycles. The van der Waals surface area contributed by atoms with Gasteiger partial charge in [-0.25, -0.2) is 0 Å². The van der Waals surface area contributed by atoms with Gasteiger partial charge in [-0.05, 0) is 6.42 Å². The van der Waals surface area contributed by atoms with Crippen LogP contribution in [-0.2, 0) is 14.3 Å². The van der Waals surface area contributed by atoms with Gasteiger partial charge in [-0.1, -0.05) is 6.92 Å². The Balaban J connectivity index is 2.04. The number of ether oxygens (including phenoxy) is 2. The van der Waals surface area contributed by atoms with E-state index in [1.54, 1.807) is 0 Å². The largest absolute Gasteiger partial charge is 0.459 e. The molecule has 0 aromatic rings. The van der Waals surface area contributed by atoms with Gasteiger partial charge >= 0.3 is 5.97 Å². The maximum absolute atomic E-state index is 11.1. The van der Waals surface area contributed by atoms with Crippen LogP contribution in [0.2, 0.25) is 0 Å². The first-order chi connectivity index (χ1) is 5.27. The van der Waals surface area contributed by atoms with Gasteiger partial charge in [-0.3, -0.25) is 4.79 Å². The second-order valence-electron chi connectivity index (χ2n) is 3.74. The lowest BCUT2D eigenvalue weighted by molar-refractivity contribution is -0.144. The van der Waals surface area contributed by atoms with E-state index < -0.39 is 0 Å². The molecule has 0 aliphatic carbocycles. The molecule has 3 fully saturated rings. The zero-order chi connectivity index (χ0) is 7.59. The molecule has 3 aliphatic rings. The fraction of sp³-hybridized carbons (Fsp3) is 0.875. The number of fused-ring (bicyclic) bond motifs is 1. The molecule has 0 amide bonds. The molecule has 3 heteroatoms. The summed E-state index contributed by atoms with van der Waals surface area (Å²) in [7, 11) is 0. The minimum absolute atomic E-state index is 0.0353. The average Bonchev–Trinajstić information content (AvgIpc) is 2.53. The van der Waals surface area contributed by atoms with Gasteiger partial charge in [0.25, 0.3) is 0 Å². The lowest BCUT2D eigenvalue weighted by atomic mass is 9.83. The van der Waals surface area contributed by atoms with Crippen molar-refractivity contribution >= 4 is 5.97 Å². The van der Waals surface area contributed by atoms with Crippen LogP contribution in [0, 0.1) is 11.8 Å². The third-order valence-electron chi connectivity index (χ3n) is 3.20. The van der Waals surface area contributed by atoms with Gasteiger partial charge in [-0.2, -0.15) is 0 Å². The molecule has 11 heavy (non-hydrogen) atoms. The second kappa shape index (κ2) is 1.61. The van der Waals surface area contributed by atoms with Crippen LogP contribution in [0.5, 0.6) is 0 Å². The Morgan fingerprint density at radius 1 is 1.45 bits per heavy atom. The van der Waals surface area contributed by atoms with Crippen LogP contribution in [0.3, 0.4) is 0 Å². The predicted molar refractivity (Wildman–Crippen MR) is 35.8 cm³/mol. The Morgan fingerprint density at radius 2 is 2.27 bits per heavy atom. The highest BCUT2D eigenvalue weighted by Crippen LogP contribution is 2.48. The number of carbonyl (C=O) groups excluding carboxylic acids is 1. The summed E-state index contributed by atoms with van der Waals surface area (Å²) in [6.07, 6.45) is 1.36. The lowest BCUT2D eigenvalue weighted by Gasteiger charge is -2.16. The molecule has 0 N–H and O–H groups in total. The Labute approximate surface area is 64.7 Å². The smallest absolute Gasteiger partial charge is 0.312 e. The first kappa shape index (κ1) is 6.00. The van der Waals surface area contributed by atoms with Crippen molar-refractivity contribution in [1.29, 1.82) is 0 Å². The van der Waals surface area contributed by atoms with Gasteiger partial charge in [0.1, 0.15) is 12.2 Å². The Bertz CT molecular complexity index is 225. The van der Waals surface area contributed by atoms with Gasteiger partial charge in [0, 0.05) is 5.92 Å². The average molecular weight is 154 g/mol.